The summed E-state index contributed by atoms with van der Waals surface area (Å²) in [6.45, 7) is 6.85. The third-order valence-corrected chi connectivity index (χ3v) is 3.66. The summed E-state index contributed by atoms with van der Waals surface area (Å²) < 4.78 is 5.67. The van der Waals surface area contributed by atoms with Crippen LogP contribution in [0.4, 0.5) is 11.4 Å². The van der Waals surface area contributed by atoms with Gasteiger partial charge in [0.2, 0.25) is 0 Å². The Morgan fingerprint density at radius 2 is 2.15 bits per heavy atom. The summed E-state index contributed by atoms with van der Waals surface area (Å²) in [6.07, 6.45) is 1.05. The van der Waals surface area contributed by atoms with Gasteiger partial charge >= 0.3 is 0 Å². The largest absolute Gasteiger partial charge is 0.491 e. The Kier molecular flexibility index (Phi) is 4.84. The van der Waals surface area contributed by atoms with Crippen LogP contribution in [0, 0.1) is 6.92 Å². The number of thiazole rings is 1. The normalized spacial score (nSPS) is 10.8. The lowest BCUT2D eigenvalue weighted by molar-refractivity contribution is 0.242. The highest BCUT2D eigenvalue weighted by atomic mass is 32.1. The molecule has 5 heteroatoms. The van der Waals surface area contributed by atoms with E-state index in [2.05, 4.69) is 15.7 Å². The van der Waals surface area contributed by atoms with Crippen LogP contribution < -0.4 is 15.8 Å². The maximum Gasteiger partial charge on any atom is 0.123 e. The van der Waals surface area contributed by atoms with E-state index in [1.54, 1.807) is 11.3 Å². The predicted octanol–water partition coefficient (Wildman–Crippen LogP) is 3.48. The molecule has 0 atom stereocenters. The molecule has 1 aromatic heterocycles. The second-order valence-corrected chi connectivity index (χ2v) is 5.96. The Bertz CT molecular complexity index is 566. The fraction of sp³-hybridized carbons (Fsp3) is 0.400. The molecule has 0 spiro atoms. The zero-order chi connectivity index (χ0) is 14.5. The van der Waals surface area contributed by atoms with E-state index in [1.165, 1.54) is 0 Å². The summed E-state index contributed by atoms with van der Waals surface area (Å²) in [5.74, 6) is 0.799. The third-order valence-electron chi connectivity index (χ3n) is 2.64. The number of anilines is 2. The molecule has 108 valence electrons. The topological polar surface area (TPSA) is 60.2 Å². The third kappa shape index (κ3) is 4.42. The van der Waals surface area contributed by atoms with Crippen LogP contribution in [0.5, 0.6) is 5.75 Å². The number of ether oxygens (including phenoxy) is 1. The number of nitrogens with one attached hydrogen (secondary N) is 1. The van der Waals surface area contributed by atoms with Gasteiger partial charge in [0, 0.05) is 47.5 Å². The molecule has 0 unspecified atom stereocenters. The highest BCUT2D eigenvalue weighted by Crippen LogP contribution is 2.23. The van der Waals surface area contributed by atoms with E-state index < -0.39 is 0 Å². The molecule has 0 aliphatic rings. The van der Waals surface area contributed by atoms with Crippen molar-refractivity contribution in [2.45, 2.75) is 33.3 Å². The van der Waals surface area contributed by atoms with E-state index in [0.29, 0.717) is 5.69 Å². The molecule has 1 heterocycles. The Morgan fingerprint density at radius 1 is 1.35 bits per heavy atom. The molecule has 0 radical (unpaired) electrons. The molecule has 0 saturated heterocycles. The number of nitrogen functional groups attached to an aromatic ring is 1. The lowest BCUT2D eigenvalue weighted by Crippen LogP contribution is -2.08. The molecule has 0 bridgehead atoms. The number of benzene rings is 1. The second-order valence-electron chi connectivity index (χ2n) is 5.02. The fourth-order valence-corrected chi connectivity index (χ4v) is 2.67. The molecular formula is C15H21N3OS. The summed E-state index contributed by atoms with van der Waals surface area (Å²) in [7, 11) is 0. The minimum atomic E-state index is 0.142. The van der Waals surface area contributed by atoms with E-state index in [0.717, 1.165) is 35.1 Å². The van der Waals surface area contributed by atoms with Gasteiger partial charge in [0.1, 0.15) is 5.75 Å². The van der Waals surface area contributed by atoms with Gasteiger partial charge in [-0.15, -0.1) is 11.3 Å². The first-order valence-electron chi connectivity index (χ1n) is 6.75. The zero-order valence-corrected chi connectivity index (χ0v) is 13.0. The highest BCUT2D eigenvalue weighted by molar-refractivity contribution is 7.09. The van der Waals surface area contributed by atoms with Gasteiger partial charge in [-0.05, 0) is 26.8 Å². The van der Waals surface area contributed by atoms with Crippen LogP contribution in [0.3, 0.4) is 0 Å². The van der Waals surface area contributed by atoms with Gasteiger partial charge < -0.3 is 15.8 Å². The number of nitrogens with zero attached hydrogens (tertiary/aromatic N) is 1. The lowest BCUT2D eigenvalue weighted by Gasteiger charge is -2.13. The number of rotatable bonds is 6. The van der Waals surface area contributed by atoms with Gasteiger partial charge in [0.25, 0.3) is 0 Å². The Labute approximate surface area is 124 Å². The van der Waals surface area contributed by atoms with Crippen LogP contribution in [0.15, 0.2) is 23.6 Å². The van der Waals surface area contributed by atoms with Crippen LogP contribution in [-0.2, 0) is 6.42 Å². The number of hydrogen-bond acceptors (Lipinski definition) is 5. The lowest BCUT2D eigenvalue weighted by atomic mass is 10.2. The van der Waals surface area contributed by atoms with Gasteiger partial charge in [-0.1, -0.05) is 0 Å². The minimum absolute atomic E-state index is 0.142. The van der Waals surface area contributed by atoms with Gasteiger partial charge in [-0.3, -0.25) is 0 Å². The second kappa shape index (κ2) is 6.61. The molecule has 2 rings (SSSR count). The standard InChI is InChI=1S/C15H21N3OS/c1-10(2)19-14-7-12(16)6-13(8-14)17-5-4-15-18-11(3)9-20-15/h6-10,17H,4-5,16H2,1-3H3. The summed E-state index contributed by atoms with van der Waals surface area (Å²) >= 11 is 1.70. The first kappa shape index (κ1) is 14.7. The monoisotopic (exact) mass is 291 g/mol. The van der Waals surface area contributed by atoms with Crippen molar-refractivity contribution in [3.8, 4) is 5.75 Å². The summed E-state index contributed by atoms with van der Waals surface area (Å²) in [4.78, 5) is 4.45. The van der Waals surface area contributed by atoms with E-state index >= 15 is 0 Å². The summed E-state index contributed by atoms with van der Waals surface area (Å²) in [6, 6.07) is 5.74. The highest BCUT2D eigenvalue weighted by Gasteiger charge is 2.03. The van der Waals surface area contributed by atoms with Crippen molar-refractivity contribution >= 4 is 22.7 Å². The first-order valence-corrected chi connectivity index (χ1v) is 7.63. The van der Waals surface area contributed by atoms with E-state index in [9.17, 15) is 0 Å². The van der Waals surface area contributed by atoms with Crippen molar-refractivity contribution < 1.29 is 4.74 Å². The predicted molar refractivity (Wildman–Crippen MR) is 85.7 cm³/mol. The maximum atomic E-state index is 5.89. The number of nitrogens with two attached hydrogens (primary N) is 1. The molecule has 0 saturated carbocycles. The molecule has 3 N–H and O–H groups in total. The SMILES string of the molecule is Cc1csc(CCNc2cc(N)cc(OC(C)C)c2)n1. The van der Waals surface area contributed by atoms with Crippen LogP contribution >= 0.6 is 11.3 Å². The molecular weight excluding hydrogens is 270 g/mol. The van der Waals surface area contributed by atoms with Crippen molar-refractivity contribution in [1.82, 2.24) is 4.98 Å². The Hall–Kier alpha value is -1.75. The molecule has 4 nitrogen and oxygen atoms in total. The molecule has 20 heavy (non-hydrogen) atoms. The van der Waals surface area contributed by atoms with Crippen LogP contribution in [0.2, 0.25) is 0 Å². The van der Waals surface area contributed by atoms with Crippen molar-refractivity contribution in [3.05, 3.63) is 34.3 Å². The van der Waals surface area contributed by atoms with Crippen LogP contribution in [0.25, 0.3) is 0 Å². The first-order chi connectivity index (χ1) is 9.52. The van der Waals surface area contributed by atoms with Crippen molar-refractivity contribution in [2.75, 3.05) is 17.6 Å². The van der Waals surface area contributed by atoms with Gasteiger partial charge in [0.15, 0.2) is 0 Å². The zero-order valence-electron chi connectivity index (χ0n) is 12.1. The molecule has 0 aliphatic heterocycles. The van der Waals surface area contributed by atoms with Crippen LogP contribution in [0.1, 0.15) is 24.5 Å². The van der Waals surface area contributed by atoms with Crippen molar-refractivity contribution in [1.29, 1.82) is 0 Å². The Morgan fingerprint density at radius 3 is 2.80 bits per heavy atom. The average Bonchev–Trinajstić information content (AvgIpc) is 2.73. The quantitative estimate of drug-likeness (QED) is 0.800. The van der Waals surface area contributed by atoms with Crippen molar-refractivity contribution in [2.24, 2.45) is 0 Å². The van der Waals surface area contributed by atoms with E-state index in [4.69, 9.17) is 10.5 Å². The maximum absolute atomic E-state index is 5.89. The molecule has 2 aromatic rings. The van der Waals surface area contributed by atoms with E-state index in [1.807, 2.05) is 39.0 Å². The Balaban J connectivity index is 1.93. The number of hydrogen-bond donors (Lipinski definition) is 2. The number of aromatic nitrogens is 1. The summed E-state index contributed by atoms with van der Waals surface area (Å²) in [5.41, 5.74) is 8.66. The smallest absolute Gasteiger partial charge is 0.123 e. The van der Waals surface area contributed by atoms with E-state index in [-0.39, 0.29) is 6.10 Å². The number of aryl methyl sites for hydroxylation is 1. The average molecular weight is 291 g/mol. The molecule has 0 fully saturated rings. The molecule has 1 aromatic carbocycles. The van der Waals surface area contributed by atoms with Crippen LogP contribution in [-0.4, -0.2) is 17.6 Å². The van der Waals surface area contributed by atoms with Crippen molar-refractivity contribution in [3.63, 3.8) is 0 Å². The van der Waals surface area contributed by atoms with Gasteiger partial charge in [-0.2, -0.15) is 0 Å². The summed E-state index contributed by atoms with van der Waals surface area (Å²) in [5, 5.41) is 6.59. The minimum Gasteiger partial charge on any atom is -0.491 e. The molecule has 0 aliphatic carbocycles. The van der Waals surface area contributed by atoms with Gasteiger partial charge in [0.05, 0.1) is 11.1 Å². The van der Waals surface area contributed by atoms with Gasteiger partial charge in [-0.25, -0.2) is 4.98 Å². The fourth-order valence-electron chi connectivity index (χ4n) is 1.90. The molecule has 0 amide bonds.